The van der Waals surface area contributed by atoms with Crippen LogP contribution in [0.25, 0.3) is 22.9 Å². The van der Waals surface area contributed by atoms with Crippen LogP contribution in [0.3, 0.4) is 0 Å². The second kappa shape index (κ2) is 7.08. The Hall–Kier alpha value is -2.64. The Kier molecular flexibility index (Phi) is 4.49. The Morgan fingerprint density at radius 2 is 1.56 bits per heavy atom. The molecule has 4 rings (SSSR count). The molecule has 0 unspecified atom stereocenters. The van der Waals surface area contributed by atoms with Gasteiger partial charge in [-0.1, -0.05) is 53.7 Å². The highest BCUT2D eigenvalue weighted by Crippen LogP contribution is 2.29. The molecule has 6 nitrogen and oxygen atoms in total. The van der Waals surface area contributed by atoms with Crippen molar-refractivity contribution < 1.29 is 8.83 Å². The number of benzene rings is 2. The minimum atomic E-state index is 0.386. The fourth-order valence-corrected chi connectivity index (χ4v) is 2.96. The smallest absolute Gasteiger partial charge is 0.277 e. The number of nitrogens with zero attached hydrogens (tertiary/aromatic N) is 4. The van der Waals surface area contributed by atoms with Gasteiger partial charge in [-0.25, -0.2) is 0 Å². The van der Waals surface area contributed by atoms with Gasteiger partial charge in [0.15, 0.2) is 0 Å². The van der Waals surface area contributed by atoms with Crippen LogP contribution in [0, 0.1) is 0 Å². The zero-order valence-corrected chi connectivity index (χ0v) is 14.4. The predicted molar refractivity (Wildman–Crippen MR) is 94.0 cm³/mol. The van der Waals surface area contributed by atoms with E-state index in [1.807, 2.05) is 48.5 Å². The van der Waals surface area contributed by atoms with Crippen LogP contribution < -0.4 is 0 Å². The first-order chi connectivity index (χ1) is 12.3. The first kappa shape index (κ1) is 15.9. The van der Waals surface area contributed by atoms with Gasteiger partial charge in [-0.15, -0.1) is 20.4 Å². The first-order valence-electron chi connectivity index (χ1n) is 7.38. The molecule has 0 bridgehead atoms. The lowest BCUT2D eigenvalue weighted by Crippen LogP contribution is -1.80. The van der Waals surface area contributed by atoms with E-state index in [9.17, 15) is 0 Å². The highest BCUT2D eigenvalue weighted by molar-refractivity contribution is 7.98. The maximum Gasteiger partial charge on any atom is 0.277 e. The molecule has 0 N–H and O–H groups in total. The first-order valence-corrected chi connectivity index (χ1v) is 8.75. The maximum absolute atomic E-state index is 6.14. The molecule has 0 spiro atoms. The van der Waals surface area contributed by atoms with E-state index in [1.54, 1.807) is 6.07 Å². The third kappa shape index (κ3) is 3.57. The Morgan fingerprint density at radius 1 is 0.800 bits per heavy atom. The second-order valence-electron chi connectivity index (χ2n) is 5.01. The van der Waals surface area contributed by atoms with Gasteiger partial charge in [-0.05, 0) is 24.3 Å². The molecule has 0 saturated carbocycles. The number of halogens is 1. The lowest BCUT2D eigenvalue weighted by Gasteiger charge is -1.96. The monoisotopic (exact) mass is 370 g/mol. The predicted octanol–water partition coefficient (Wildman–Crippen LogP) is 4.73. The van der Waals surface area contributed by atoms with Gasteiger partial charge < -0.3 is 8.83 Å². The molecular formula is C17H11ClN4O2S. The molecular weight excluding hydrogens is 360 g/mol. The highest BCUT2D eigenvalue weighted by atomic mass is 35.5. The number of hydrogen-bond acceptors (Lipinski definition) is 7. The summed E-state index contributed by atoms with van der Waals surface area (Å²) < 4.78 is 11.3. The second-order valence-corrected chi connectivity index (χ2v) is 6.34. The van der Waals surface area contributed by atoms with Crippen molar-refractivity contribution in [2.24, 2.45) is 0 Å². The lowest BCUT2D eigenvalue weighted by molar-refractivity contribution is 0.464. The van der Waals surface area contributed by atoms with Gasteiger partial charge in [-0.2, -0.15) is 0 Å². The van der Waals surface area contributed by atoms with Crippen molar-refractivity contribution >= 4 is 23.4 Å². The van der Waals surface area contributed by atoms with E-state index < -0.39 is 0 Å². The van der Waals surface area contributed by atoms with Gasteiger partial charge >= 0.3 is 0 Å². The Labute approximate surface area is 152 Å². The highest BCUT2D eigenvalue weighted by Gasteiger charge is 2.14. The molecule has 4 aromatic rings. The van der Waals surface area contributed by atoms with Gasteiger partial charge in [-0.3, -0.25) is 0 Å². The normalized spacial score (nSPS) is 10.9. The summed E-state index contributed by atoms with van der Waals surface area (Å²) in [6.45, 7) is 0. The molecule has 2 aromatic carbocycles. The minimum absolute atomic E-state index is 0.386. The zero-order chi connectivity index (χ0) is 17.1. The van der Waals surface area contributed by atoms with Crippen LogP contribution in [0.5, 0.6) is 0 Å². The molecule has 0 aliphatic heterocycles. The largest absolute Gasteiger partial charge is 0.420 e. The summed E-state index contributed by atoms with van der Waals surface area (Å²) in [4.78, 5) is 0. The third-order valence-corrected chi connectivity index (χ3v) is 4.45. The van der Waals surface area contributed by atoms with Gasteiger partial charge in [0.05, 0.1) is 16.3 Å². The van der Waals surface area contributed by atoms with Gasteiger partial charge in [0.2, 0.25) is 17.7 Å². The van der Waals surface area contributed by atoms with Gasteiger partial charge in [0.1, 0.15) is 0 Å². The summed E-state index contributed by atoms with van der Waals surface area (Å²) >= 11 is 7.47. The molecule has 2 aromatic heterocycles. The van der Waals surface area contributed by atoms with Crippen LogP contribution in [-0.4, -0.2) is 20.4 Å². The van der Waals surface area contributed by atoms with E-state index in [2.05, 4.69) is 20.4 Å². The molecule has 0 fully saturated rings. The Bertz CT molecular complexity index is 987. The zero-order valence-electron chi connectivity index (χ0n) is 12.8. The van der Waals surface area contributed by atoms with E-state index in [0.717, 1.165) is 5.56 Å². The average Bonchev–Trinajstić information content (AvgIpc) is 3.31. The molecule has 25 heavy (non-hydrogen) atoms. The Morgan fingerprint density at radius 3 is 2.40 bits per heavy atom. The molecule has 124 valence electrons. The quantitative estimate of drug-likeness (QED) is 0.470. The van der Waals surface area contributed by atoms with Crippen LogP contribution in [0.4, 0.5) is 0 Å². The van der Waals surface area contributed by atoms with E-state index in [1.165, 1.54) is 11.8 Å². The standard InChI is InChI=1S/C17H11ClN4O2S/c18-13-9-5-4-8-12(13)16-21-19-14(23-16)10-25-17-22-20-15(24-17)11-6-2-1-3-7-11/h1-9H,10H2. The summed E-state index contributed by atoms with van der Waals surface area (Å²) in [7, 11) is 0. The summed E-state index contributed by atoms with van der Waals surface area (Å²) in [6, 6.07) is 16.9. The maximum atomic E-state index is 6.14. The fourth-order valence-electron chi connectivity index (χ4n) is 2.14. The third-order valence-electron chi connectivity index (χ3n) is 3.32. The van der Waals surface area contributed by atoms with Crippen molar-refractivity contribution in [3.05, 3.63) is 65.5 Å². The van der Waals surface area contributed by atoms with Crippen molar-refractivity contribution in [1.82, 2.24) is 20.4 Å². The van der Waals surface area contributed by atoms with Crippen LogP contribution >= 0.6 is 23.4 Å². The molecule has 0 aliphatic carbocycles. The molecule has 0 saturated heterocycles. The minimum Gasteiger partial charge on any atom is -0.420 e. The van der Waals surface area contributed by atoms with Crippen molar-refractivity contribution in [3.63, 3.8) is 0 Å². The summed E-state index contributed by atoms with van der Waals surface area (Å²) in [6.07, 6.45) is 0. The number of rotatable bonds is 5. The average molecular weight is 371 g/mol. The molecule has 0 radical (unpaired) electrons. The van der Waals surface area contributed by atoms with E-state index in [0.29, 0.717) is 39.2 Å². The summed E-state index contributed by atoms with van der Waals surface area (Å²) in [5.74, 6) is 1.75. The van der Waals surface area contributed by atoms with Crippen LogP contribution in [0.15, 0.2) is 68.7 Å². The number of thioether (sulfide) groups is 1. The fraction of sp³-hybridized carbons (Fsp3) is 0.0588. The SMILES string of the molecule is Clc1ccccc1-c1nnc(CSc2nnc(-c3ccccc3)o2)o1. The van der Waals surface area contributed by atoms with Crippen molar-refractivity contribution in [3.8, 4) is 22.9 Å². The number of aromatic nitrogens is 4. The van der Waals surface area contributed by atoms with Crippen LogP contribution in [-0.2, 0) is 5.75 Å². The van der Waals surface area contributed by atoms with Crippen molar-refractivity contribution in [1.29, 1.82) is 0 Å². The van der Waals surface area contributed by atoms with E-state index in [4.69, 9.17) is 20.4 Å². The molecule has 0 aliphatic rings. The van der Waals surface area contributed by atoms with E-state index in [-0.39, 0.29) is 0 Å². The summed E-state index contributed by atoms with van der Waals surface area (Å²) in [5.41, 5.74) is 1.58. The van der Waals surface area contributed by atoms with Crippen LogP contribution in [0.1, 0.15) is 5.89 Å². The summed E-state index contributed by atoms with van der Waals surface area (Å²) in [5, 5.41) is 17.1. The van der Waals surface area contributed by atoms with Crippen molar-refractivity contribution in [2.45, 2.75) is 11.0 Å². The molecule has 0 atom stereocenters. The molecule has 0 amide bonds. The van der Waals surface area contributed by atoms with Gasteiger partial charge in [0, 0.05) is 5.56 Å². The Balaban J connectivity index is 1.44. The lowest BCUT2D eigenvalue weighted by atomic mass is 10.2. The molecule has 2 heterocycles. The number of hydrogen-bond donors (Lipinski definition) is 0. The van der Waals surface area contributed by atoms with E-state index >= 15 is 0 Å². The molecule has 8 heteroatoms. The van der Waals surface area contributed by atoms with Crippen molar-refractivity contribution in [2.75, 3.05) is 0 Å². The van der Waals surface area contributed by atoms with Gasteiger partial charge in [0.25, 0.3) is 5.22 Å². The topological polar surface area (TPSA) is 77.8 Å². The van der Waals surface area contributed by atoms with Crippen LogP contribution in [0.2, 0.25) is 5.02 Å².